The van der Waals surface area contributed by atoms with Gasteiger partial charge in [-0.05, 0) is 11.1 Å². The number of hydrogen-bond acceptors (Lipinski definition) is 3. The molecule has 0 fully saturated rings. The van der Waals surface area contributed by atoms with E-state index < -0.39 is 11.2 Å². The maximum absolute atomic E-state index is 12.9. The van der Waals surface area contributed by atoms with Crippen LogP contribution in [-0.2, 0) is 13.1 Å². The van der Waals surface area contributed by atoms with Gasteiger partial charge in [-0.3, -0.25) is 18.7 Å². The number of carbonyl (C=O) groups excluding carboxylic acids is 1. The van der Waals surface area contributed by atoms with Crippen molar-refractivity contribution in [3.05, 3.63) is 104 Å². The smallest absolute Gasteiger partial charge is 0.293 e. The molecule has 126 valence electrons. The molecule has 0 N–H and O–H groups in total. The average Bonchev–Trinajstić information content (AvgIpc) is 2.62. The first-order valence-electron chi connectivity index (χ1n) is 8.00. The van der Waals surface area contributed by atoms with Gasteiger partial charge in [0.2, 0.25) is 0 Å². The standard InChI is InChI=1S/C20H18N2O3/c1-15(23)18-12-19(24)22(14-17-10-6-3-7-11-17)20(25)21(18)13-16-8-4-2-5-9-16/h2-12H,13-14H2,1H3. The summed E-state index contributed by atoms with van der Waals surface area (Å²) in [5, 5.41) is 0. The van der Waals surface area contributed by atoms with Crippen LogP contribution >= 0.6 is 0 Å². The van der Waals surface area contributed by atoms with Crippen molar-refractivity contribution < 1.29 is 4.79 Å². The van der Waals surface area contributed by atoms with Crippen molar-refractivity contribution in [2.75, 3.05) is 0 Å². The lowest BCUT2D eigenvalue weighted by Crippen LogP contribution is -2.42. The van der Waals surface area contributed by atoms with Crippen molar-refractivity contribution in [1.82, 2.24) is 9.13 Å². The van der Waals surface area contributed by atoms with E-state index in [4.69, 9.17) is 0 Å². The predicted molar refractivity (Wildman–Crippen MR) is 96.1 cm³/mol. The zero-order chi connectivity index (χ0) is 17.8. The molecule has 0 radical (unpaired) electrons. The Kier molecular flexibility index (Phi) is 4.75. The fraction of sp³-hybridized carbons (Fsp3) is 0.150. The van der Waals surface area contributed by atoms with E-state index in [0.717, 1.165) is 15.7 Å². The van der Waals surface area contributed by atoms with Gasteiger partial charge in [-0.2, -0.15) is 0 Å². The number of carbonyl (C=O) groups is 1. The van der Waals surface area contributed by atoms with Crippen LogP contribution in [0.15, 0.2) is 76.3 Å². The van der Waals surface area contributed by atoms with Gasteiger partial charge in [-0.15, -0.1) is 0 Å². The van der Waals surface area contributed by atoms with E-state index >= 15 is 0 Å². The molecule has 5 heteroatoms. The van der Waals surface area contributed by atoms with Gasteiger partial charge < -0.3 is 0 Å². The van der Waals surface area contributed by atoms with Crippen LogP contribution in [0.5, 0.6) is 0 Å². The van der Waals surface area contributed by atoms with E-state index in [2.05, 4.69) is 0 Å². The third kappa shape index (κ3) is 3.66. The summed E-state index contributed by atoms with van der Waals surface area (Å²) in [5.41, 5.74) is 0.914. The van der Waals surface area contributed by atoms with Crippen molar-refractivity contribution >= 4 is 5.78 Å². The van der Waals surface area contributed by atoms with Crippen LogP contribution < -0.4 is 11.2 Å². The topological polar surface area (TPSA) is 61.1 Å². The van der Waals surface area contributed by atoms with Gasteiger partial charge >= 0.3 is 5.69 Å². The van der Waals surface area contributed by atoms with E-state index in [1.54, 1.807) is 0 Å². The highest BCUT2D eigenvalue weighted by Crippen LogP contribution is 2.05. The first kappa shape index (κ1) is 16.6. The highest BCUT2D eigenvalue weighted by Gasteiger charge is 2.15. The van der Waals surface area contributed by atoms with Gasteiger partial charge in [0.25, 0.3) is 5.56 Å². The molecular formula is C20H18N2O3. The minimum atomic E-state index is -0.481. The number of ketones is 1. The number of aromatic nitrogens is 2. The Bertz CT molecular complexity index is 1000. The largest absolute Gasteiger partial charge is 0.332 e. The predicted octanol–water partition coefficient (Wildman–Crippen LogP) is 2.31. The summed E-state index contributed by atoms with van der Waals surface area (Å²) < 4.78 is 2.52. The van der Waals surface area contributed by atoms with Gasteiger partial charge in [0.1, 0.15) is 0 Å². The fourth-order valence-corrected chi connectivity index (χ4v) is 2.74. The maximum Gasteiger partial charge on any atom is 0.332 e. The van der Waals surface area contributed by atoms with Gasteiger partial charge in [-0.25, -0.2) is 4.79 Å². The summed E-state index contributed by atoms with van der Waals surface area (Å²) in [7, 11) is 0. The van der Waals surface area contributed by atoms with Crippen LogP contribution in [0.25, 0.3) is 0 Å². The van der Waals surface area contributed by atoms with Crippen LogP contribution in [0, 0.1) is 0 Å². The zero-order valence-corrected chi connectivity index (χ0v) is 13.9. The lowest BCUT2D eigenvalue weighted by Gasteiger charge is -2.14. The summed E-state index contributed by atoms with van der Waals surface area (Å²) in [6.07, 6.45) is 0. The van der Waals surface area contributed by atoms with E-state index in [1.165, 1.54) is 17.6 Å². The number of rotatable bonds is 5. The monoisotopic (exact) mass is 334 g/mol. The molecule has 3 rings (SSSR count). The SMILES string of the molecule is CC(=O)c1cc(=O)n(Cc2ccccc2)c(=O)n1Cc1ccccc1. The second kappa shape index (κ2) is 7.13. The van der Waals surface area contributed by atoms with Crippen LogP contribution in [0.1, 0.15) is 28.5 Å². The molecule has 0 bridgehead atoms. The van der Waals surface area contributed by atoms with E-state index in [0.29, 0.717) is 0 Å². The molecular weight excluding hydrogens is 316 g/mol. The van der Waals surface area contributed by atoms with Gasteiger partial charge in [-0.1, -0.05) is 60.7 Å². The maximum atomic E-state index is 12.9. The quantitative estimate of drug-likeness (QED) is 0.673. The molecule has 25 heavy (non-hydrogen) atoms. The van der Waals surface area contributed by atoms with Gasteiger partial charge in [0.15, 0.2) is 5.78 Å². The molecule has 2 aromatic carbocycles. The fourth-order valence-electron chi connectivity index (χ4n) is 2.74. The Morgan fingerprint density at radius 3 is 1.76 bits per heavy atom. The second-order valence-corrected chi connectivity index (χ2v) is 5.85. The van der Waals surface area contributed by atoms with Crippen molar-refractivity contribution in [3.63, 3.8) is 0 Å². The molecule has 0 atom stereocenters. The molecule has 5 nitrogen and oxygen atoms in total. The molecule has 0 aliphatic carbocycles. The van der Waals surface area contributed by atoms with E-state index in [-0.39, 0.29) is 24.6 Å². The van der Waals surface area contributed by atoms with Crippen molar-refractivity contribution in [2.24, 2.45) is 0 Å². The molecule has 3 aromatic rings. The summed E-state index contributed by atoms with van der Waals surface area (Å²) >= 11 is 0. The molecule has 1 aromatic heterocycles. The Labute approximate surface area is 144 Å². The molecule has 0 spiro atoms. The minimum Gasteiger partial charge on any atom is -0.293 e. The molecule has 0 saturated heterocycles. The number of benzene rings is 2. The number of nitrogens with zero attached hydrogens (tertiary/aromatic N) is 2. The molecule has 0 aliphatic rings. The third-order valence-corrected chi connectivity index (χ3v) is 4.01. The normalized spacial score (nSPS) is 10.6. The molecule has 0 amide bonds. The van der Waals surface area contributed by atoms with E-state index in [9.17, 15) is 14.4 Å². The summed E-state index contributed by atoms with van der Waals surface area (Å²) in [6.45, 7) is 1.77. The lowest BCUT2D eigenvalue weighted by molar-refractivity contribution is 0.100. The highest BCUT2D eigenvalue weighted by atomic mass is 16.2. The van der Waals surface area contributed by atoms with Crippen molar-refractivity contribution in [1.29, 1.82) is 0 Å². The first-order chi connectivity index (χ1) is 12.1. The zero-order valence-electron chi connectivity index (χ0n) is 13.9. The summed E-state index contributed by atoms with van der Waals surface area (Å²) in [4.78, 5) is 37.2. The molecule has 0 unspecified atom stereocenters. The Hall–Kier alpha value is -3.21. The van der Waals surface area contributed by atoms with Crippen LogP contribution in [0.4, 0.5) is 0 Å². The minimum absolute atomic E-state index is 0.128. The summed E-state index contributed by atoms with van der Waals surface area (Å²) in [5.74, 6) is -0.308. The third-order valence-electron chi connectivity index (χ3n) is 4.01. The van der Waals surface area contributed by atoms with Gasteiger partial charge in [0, 0.05) is 13.0 Å². The number of hydrogen-bond donors (Lipinski definition) is 0. The molecule has 0 saturated carbocycles. The van der Waals surface area contributed by atoms with E-state index in [1.807, 2.05) is 60.7 Å². The van der Waals surface area contributed by atoms with Gasteiger partial charge in [0.05, 0.1) is 18.8 Å². The van der Waals surface area contributed by atoms with Crippen LogP contribution in [0.3, 0.4) is 0 Å². The Morgan fingerprint density at radius 2 is 1.28 bits per heavy atom. The second-order valence-electron chi connectivity index (χ2n) is 5.85. The molecule has 0 aliphatic heterocycles. The average molecular weight is 334 g/mol. The van der Waals surface area contributed by atoms with Crippen molar-refractivity contribution in [2.45, 2.75) is 20.0 Å². The van der Waals surface area contributed by atoms with Crippen molar-refractivity contribution in [3.8, 4) is 0 Å². The molecule has 1 heterocycles. The number of Topliss-reactive ketones (excluding diaryl/α,β-unsaturated/α-hetero) is 1. The first-order valence-corrected chi connectivity index (χ1v) is 8.00. The lowest BCUT2D eigenvalue weighted by atomic mass is 10.2. The Balaban J connectivity index is 2.11. The van der Waals surface area contributed by atoms with Crippen LogP contribution in [-0.4, -0.2) is 14.9 Å². The van der Waals surface area contributed by atoms with Crippen LogP contribution in [0.2, 0.25) is 0 Å². The highest BCUT2D eigenvalue weighted by molar-refractivity contribution is 5.92. The summed E-state index contributed by atoms with van der Waals surface area (Å²) in [6, 6.07) is 19.9. The Morgan fingerprint density at radius 1 is 0.800 bits per heavy atom.